The first-order valence-corrected chi connectivity index (χ1v) is 5.03. The van der Waals surface area contributed by atoms with Crippen LogP contribution in [0.2, 0.25) is 0 Å². The van der Waals surface area contributed by atoms with E-state index in [-0.39, 0.29) is 5.57 Å². The monoisotopic (exact) mass is 226 g/mol. The van der Waals surface area contributed by atoms with Gasteiger partial charge in [-0.2, -0.15) is 0 Å². The van der Waals surface area contributed by atoms with Crippen LogP contribution in [-0.2, 0) is 4.79 Å². The fourth-order valence-corrected chi connectivity index (χ4v) is 1.42. The number of pyridine rings is 2. The SMILES string of the molecule is O=C(O)/C(=C/c1cccnc1)c1cccnc1. The van der Waals surface area contributed by atoms with E-state index >= 15 is 0 Å². The van der Waals surface area contributed by atoms with Crippen molar-refractivity contribution in [3.8, 4) is 0 Å². The Kier molecular flexibility index (Phi) is 3.25. The Morgan fingerprint density at radius 1 is 1.12 bits per heavy atom. The summed E-state index contributed by atoms with van der Waals surface area (Å²) in [7, 11) is 0. The van der Waals surface area contributed by atoms with Gasteiger partial charge in [0.1, 0.15) is 0 Å². The molecule has 0 saturated carbocycles. The van der Waals surface area contributed by atoms with Gasteiger partial charge in [0.15, 0.2) is 0 Å². The number of aliphatic carboxylic acids is 1. The zero-order chi connectivity index (χ0) is 12.1. The van der Waals surface area contributed by atoms with E-state index in [0.717, 1.165) is 5.56 Å². The maximum atomic E-state index is 11.2. The molecule has 0 amide bonds. The number of aromatic nitrogens is 2. The lowest BCUT2D eigenvalue weighted by Gasteiger charge is -2.01. The van der Waals surface area contributed by atoms with Gasteiger partial charge in [-0.15, -0.1) is 0 Å². The third-order valence-electron chi connectivity index (χ3n) is 2.20. The summed E-state index contributed by atoms with van der Waals surface area (Å²) in [6, 6.07) is 6.97. The predicted molar refractivity (Wildman–Crippen MR) is 64.0 cm³/mol. The highest BCUT2D eigenvalue weighted by molar-refractivity contribution is 6.20. The zero-order valence-electron chi connectivity index (χ0n) is 8.95. The van der Waals surface area contributed by atoms with Crippen LogP contribution in [0.25, 0.3) is 11.6 Å². The van der Waals surface area contributed by atoms with Gasteiger partial charge in [-0.25, -0.2) is 4.79 Å². The number of nitrogens with zero attached hydrogens (tertiary/aromatic N) is 2. The number of carboxylic acids is 1. The molecule has 17 heavy (non-hydrogen) atoms. The highest BCUT2D eigenvalue weighted by atomic mass is 16.4. The summed E-state index contributed by atoms with van der Waals surface area (Å²) in [5.74, 6) is -0.984. The Hall–Kier alpha value is -2.49. The van der Waals surface area contributed by atoms with Crippen molar-refractivity contribution in [1.29, 1.82) is 0 Å². The van der Waals surface area contributed by atoms with Crippen LogP contribution in [0.15, 0.2) is 49.1 Å². The molecule has 2 aromatic rings. The Morgan fingerprint density at radius 2 is 1.82 bits per heavy atom. The second kappa shape index (κ2) is 5.03. The van der Waals surface area contributed by atoms with Crippen molar-refractivity contribution in [3.63, 3.8) is 0 Å². The minimum absolute atomic E-state index is 0.200. The van der Waals surface area contributed by atoms with Crippen molar-refractivity contribution in [2.45, 2.75) is 0 Å². The molecule has 84 valence electrons. The lowest BCUT2D eigenvalue weighted by Crippen LogP contribution is -1.99. The smallest absolute Gasteiger partial charge is 0.336 e. The molecular weight excluding hydrogens is 216 g/mol. The quantitative estimate of drug-likeness (QED) is 0.814. The van der Waals surface area contributed by atoms with Crippen LogP contribution in [0.4, 0.5) is 0 Å². The topological polar surface area (TPSA) is 63.1 Å². The third kappa shape index (κ3) is 2.75. The first kappa shape index (κ1) is 11.0. The molecule has 0 bridgehead atoms. The molecule has 2 rings (SSSR count). The van der Waals surface area contributed by atoms with Crippen molar-refractivity contribution in [1.82, 2.24) is 9.97 Å². The molecule has 0 aromatic carbocycles. The third-order valence-corrected chi connectivity index (χ3v) is 2.20. The van der Waals surface area contributed by atoms with E-state index in [2.05, 4.69) is 9.97 Å². The predicted octanol–water partition coefficient (Wildman–Crippen LogP) is 2.10. The summed E-state index contributed by atoms with van der Waals surface area (Å²) in [6.07, 6.45) is 7.96. The van der Waals surface area contributed by atoms with Crippen LogP contribution >= 0.6 is 0 Å². The van der Waals surface area contributed by atoms with E-state index in [1.165, 1.54) is 6.20 Å². The largest absolute Gasteiger partial charge is 0.478 e. The van der Waals surface area contributed by atoms with E-state index in [1.807, 2.05) is 0 Å². The van der Waals surface area contributed by atoms with E-state index in [1.54, 1.807) is 48.9 Å². The minimum Gasteiger partial charge on any atom is -0.478 e. The molecule has 0 atom stereocenters. The molecule has 0 aliphatic rings. The van der Waals surface area contributed by atoms with Gasteiger partial charge >= 0.3 is 5.97 Å². The van der Waals surface area contributed by atoms with Gasteiger partial charge in [0.2, 0.25) is 0 Å². The number of hydrogen-bond donors (Lipinski definition) is 1. The van der Waals surface area contributed by atoms with Gasteiger partial charge in [0, 0.05) is 30.4 Å². The second-order valence-corrected chi connectivity index (χ2v) is 3.39. The second-order valence-electron chi connectivity index (χ2n) is 3.39. The molecule has 1 N–H and O–H groups in total. The van der Waals surface area contributed by atoms with Gasteiger partial charge in [0.25, 0.3) is 0 Å². The molecule has 0 fully saturated rings. The first-order valence-electron chi connectivity index (χ1n) is 5.03. The van der Waals surface area contributed by atoms with Crippen molar-refractivity contribution in [3.05, 3.63) is 60.2 Å². The molecule has 0 aliphatic carbocycles. The van der Waals surface area contributed by atoms with E-state index in [0.29, 0.717) is 5.56 Å². The van der Waals surface area contributed by atoms with Gasteiger partial charge in [0.05, 0.1) is 5.57 Å². The maximum Gasteiger partial charge on any atom is 0.336 e. The molecule has 4 heteroatoms. The Labute approximate surface area is 98.3 Å². The van der Waals surface area contributed by atoms with Gasteiger partial charge in [-0.1, -0.05) is 12.1 Å². The van der Waals surface area contributed by atoms with Crippen LogP contribution in [0, 0.1) is 0 Å². The van der Waals surface area contributed by atoms with Gasteiger partial charge in [-0.05, 0) is 23.8 Å². The number of carboxylic acid groups (broad SMARTS) is 1. The van der Waals surface area contributed by atoms with Crippen LogP contribution in [0.3, 0.4) is 0 Å². The molecule has 0 aliphatic heterocycles. The number of rotatable bonds is 3. The fourth-order valence-electron chi connectivity index (χ4n) is 1.42. The van der Waals surface area contributed by atoms with Crippen LogP contribution in [-0.4, -0.2) is 21.0 Å². The average molecular weight is 226 g/mol. The highest BCUT2D eigenvalue weighted by Crippen LogP contribution is 2.16. The standard InChI is InChI=1S/C13H10N2O2/c16-13(17)12(11-4-2-6-15-9-11)7-10-3-1-5-14-8-10/h1-9H,(H,16,17)/b12-7+. The molecule has 0 unspecified atom stereocenters. The summed E-state index contributed by atoms with van der Waals surface area (Å²) in [4.78, 5) is 19.0. The normalized spacial score (nSPS) is 11.2. The molecule has 0 saturated heterocycles. The fraction of sp³-hybridized carbons (Fsp3) is 0. The summed E-state index contributed by atoms with van der Waals surface area (Å²) >= 11 is 0. The Balaban J connectivity index is 2.44. The first-order chi connectivity index (χ1) is 8.27. The van der Waals surface area contributed by atoms with Gasteiger partial charge < -0.3 is 5.11 Å². The molecule has 4 nitrogen and oxygen atoms in total. The average Bonchev–Trinajstić information content (AvgIpc) is 2.38. The van der Waals surface area contributed by atoms with E-state index < -0.39 is 5.97 Å². The summed E-state index contributed by atoms with van der Waals surface area (Å²) in [5, 5.41) is 9.17. The molecule has 0 spiro atoms. The van der Waals surface area contributed by atoms with Crippen molar-refractivity contribution in [2.24, 2.45) is 0 Å². The highest BCUT2D eigenvalue weighted by Gasteiger charge is 2.10. The van der Waals surface area contributed by atoms with Crippen molar-refractivity contribution in [2.75, 3.05) is 0 Å². The number of hydrogen-bond acceptors (Lipinski definition) is 3. The summed E-state index contributed by atoms with van der Waals surface area (Å²) in [6.45, 7) is 0. The summed E-state index contributed by atoms with van der Waals surface area (Å²) < 4.78 is 0. The number of carbonyl (C=O) groups is 1. The Bertz CT molecular complexity index is 536. The molecular formula is C13H10N2O2. The summed E-state index contributed by atoms with van der Waals surface area (Å²) in [5.41, 5.74) is 1.52. The lowest BCUT2D eigenvalue weighted by molar-refractivity contribution is -0.130. The van der Waals surface area contributed by atoms with Crippen LogP contribution in [0.1, 0.15) is 11.1 Å². The van der Waals surface area contributed by atoms with E-state index in [9.17, 15) is 9.90 Å². The van der Waals surface area contributed by atoms with Crippen molar-refractivity contribution < 1.29 is 9.90 Å². The van der Waals surface area contributed by atoms with Crippen LogP contribution in [0.5, 0.6) is 0 Å². The van der Waals surface area contributed by atoms with E-state index in [4.69, 9.17) is 0 Å². The van der Waals surface area contributed by atoms with Crippen LogP contribution < -0.4 is 0 Å². The molecule has 2 heterocycles. The Morgan fingerprint density at radius 3 is 2.35 bits per heavy atom. The van der Waals surface area contributed by atoms with Gasteiger partial charge in [-0.3, -0.25) is 9.97 Å². The maximum absolute atomic E-state index is 11.2. The molecule has 2 aromatic heterocycles. The zero-order valence-corrected chi connectivity index (χ0v) is 8.95. The van der Waals surface area contributed by atoms with Crippen molar-refractivity contribution >= 4 is 17.6 Å². The molecule has 0 radical (unpaired) electrons. The minimum atomic E-state index is -0.984. The lowest BCUT2D eigenvalue weighted by atomic mass is 10.1.